The summed E-state index contributed by atoms with van der Waals surface area (Å²) in [6.07, 6.45) is 0. The summed E-state index contributed by atoms with van der Waals surface area (Å²) in [5.74, 6) is 0. The van der Waals surface area contributed by atoms with Gasteiger partial charge in [0, 0.05) is 37.1 Å². The van der Waals surface area contributed by atoms with Gasteiger partial charge in [-0.3, -0.25) is 0 Å². The molecule has 296 valence electrons. The van der Waals surface area contributed by atoms with E-state index in [0.717, 1.165) is 11.4 Å². The Morgan fingerprint density at radius 1 is 0.333 bits per heavy atom. The molecule has 2 heteroatoms. The van der Waals surface area contributed by atoms with Crippen LogP contribution in [0.3, 0.4) is 0 Å². The molecule has 0 saturated carbocycles. The number of anilines is 3. The zero-order valence-electron chi connectivity index (χ0n) is 34.5. The Kier molecular flexibility index (Phi) is 8.98. The number of rotatable bonds is 8. The van der Waals surface area contributed by atoms with Gasteiger partial charge in [-0.2, -0.15) is 0 Å². The van der Waals surface area contributed by atoms with Gasteiger partial charge in [0.1, 0.15) is 0 Å². The molecule has 0 fully saturated rings. The van der Waals surface area contributed by atoms with Crippen molar-refractivity contribution in [2.24, 2.45) is 0 Å². The van der Waals surface area contributed by atoms with Crippen LogP contribution >= 0.6 is 11.3 Å². The average molecular weight is 820 g/mol. The molecule has 0 N–H and O–H groups in total. The van der Waals surface area contributed by atoms with E-state index >= 15 is 0 Å². The lowest BCUT2D eigenvalue weighted by molar-refractivity contribution is 0.770. The molecule has 0 unspecified atom stereocenters. The van der Waals surface area contributed by atoms with Crippen LogP contribution < -0.4 is 4.90 Å². The predicted octanol–water partition coefficient (Wildman–Crippen LogP) is 16.9. The number of para-hydroxylation sites is 1. The van der Waals surface area contributed by atoms with Crippen LogP contribution in [0.2, 0.25) is 0 Å². The van der Waals surface area contributed by atoms with Crippen molar-refractivity contribution in [3.05, 3.63) is 271 Å². The maximum absolute atomic E-state index is 2.53. The summed E-state index contributed by atoms with van der Waals surface area (Å²) in [6.45, 7) is 0. The van der Waals surface area contributed by atoms with E-state index in [0.29, 0.717) is 0 Å². The number of nitrogens with zero attached hydrogens (tertiary/aromatic N) is 1. The third-order valence-corrected chi connectivity index (χ3v) is 14.0. The Bertz CT molecular complexity index is 3360. The van der Waals surface area contributed by atoms with Gasteiger partial charge in [-0.05, 0) is 97.6 Å². The van der Waals surface area contributed by atoms with E-state index in [1.165, 1.54) is 92.6 Å². The van der Waals surface area contributed by atoms with Gasteiger partial charge in [-0.25, -0.2) is 0 Å². The van der Waals surface area contributed by atoms with Crippen molar-refractivity contribution in [3.63, 3.8) is 0 Å². The van der Waals surface area contributed by atoms with Crippen LogP contribution in [0.25, 0.3) is 64.7 Å². The van der Waals surface area contributed by atoms with Gasteiger partial charge in [0.2, 0.25) is 0 Å². The first-order valence-corrected chi connectivity index (χ1v) is 22.5. The van der Waals surface area contributed by atoms with Crippen LogP contribution in [0, 0.1) is 0 Å². The summed E-state index contributed by atoms with van der Waals surface area (Å²) >= 11 is 1.90. The van der Waals surface area contributed by atoms with Crippen molar-refractivity contribution in [1.82, 2.24) is 0 Å². The van der Waals surface area contributed by atoms with Crippen molar-refractivity contribution in [1.29, 1.82) is 0 Å². The van der Waals surface area contributed by atoms with E-state index in [4.69, 9.17) is 0 Å². The number of fused-ring (bicyclic) bond motifs is 6. The molecular formula is C61H41NS. The molecule has 0 bridgehead atoms. The molecule has 12 rings (SSSR count). The Morgan fingerprint density at radius 3 is 1.37 bits per heavy atom. The normalized spacial score (nSPS) is 12.6. The number of hydrogen-bond acceptors (Lipinski definition) is 2. The SMILES string of the molecule is c1ccc(-c2ccc(-c3ccc(N(c4ccccc4)c4c5c(cc6sc7cc(-c8ccccc8)ccc7c46)C(c4ccccc4)(c4ccccc4)c4ccccc4-5)cc3)cc2)cc1. The minimum Gasteiger partial charge on any atom is -0.309 e. The van der Waals surface area contributed by atoms with Gasteiger partial charge in [-0.15, -0.1) is 11.3 Å². The molecule has 63 heavy (non-hydrogen) atoms. The first kappa shape index (κ1) is 37.0. The first-order chi connectivity index (χ1) is 31.3. The topological polar surface area (TPSA) is 3.24 Å². The second kappa shape index (κ2) is 15.3. The summed E-state index contributed by atoms with van der Waals surface area (Å²) in [6, 6.07) is 91.5. The second-order valence-corrected chi connectivity index (χ2v) is 17.5. The first-order valence-electron chi connectivity index (χ1n) is 21.7. The van der Waals surface area contributed by atoms with Crippen molar-refractivity contribution in [2.45, 2.75) is 5.41 Å². The van der Waals surface area contributed by atoms with Crippen molar-refractivity contribution >= 4 is 48.6 Å². The fraction of sp³-hybridized carbons (Fsp3) is 0.0164. The van der Waals surface area contributed by atoms with E-state index in [-0.39, 0.29) is 0 Å². The minimum atomic E-state index is -0.555. The summed E-state index contributed by atoms with van der Waals surface area (Å²) in [5, 5.41) is 2.53. The maximum atomic E-state index is 2.53. The number of benzene rings is 10. The molecule has 1 aliphatic carbocycles. The second-order valence-electron chi connectivity index (χ2n) is 16.4. The molecule has 0 aliphatic heterocycles. The Morgan fingerprint density at radius 2 is 0.778 bits per heavy atom. The van der Waals surface area contributed by atoms with Crippen molar-refractivity contribution in [2.75, 3.05) is 4.90 Å². The zero-order chi connectivity index (χ0) is 41.7. The van der Waals surface area contributed by atoms with Crippen molar-refractivity contribution in [3.8, 4) is 44.5 Å². The fourth-order valence-corrected chi connectivity index (χ4v) is 11.3. The Balaban J connectivity index is 1.15. The summed E-state index contributed by atoms with van der Waals surface area (Å²) in [4.78, 5) is 2.53. The predicted molar refractivity (Wildman–Crippen MR) is 268 cm³/mol. The van der Waals surface area contributed by atoms with Crippen LogP contribution in [-0.4, -0.2) is 0 Å². The molecular weight excluding hydrogens is 779 g/mol. The van der Waals surface area contributed by atoms with Crippen LogP contribution in [0.4, 0.5) is 17.1 Å². The lowest BCUT2D eigenvalue weighted by atomic mass is 9.67. The van der Waals surface area contributed by atoms with Gasteiger partial charge in [0.05, 0.1) is 11.1 Å². The number of thiophene rings is 1. The van der Waals surface area contributed by atoms with E-state index in [1.807, 2.05) is 11.3 Å². The summed E-state index contributed by atoms with van der Waals surface area (Å²) in [7, 11) is 0. The molecule has 0 spiro atoms. The number of hydrogen-bond donors (Lipinski definition) is 0. The van der Waals surface area contributed by atoms with Gasteiger partial charge in [0.25, 0.3) is 0 Å². The summed E-state index contributed by atoms with van der Waals surface area (Å²) in [5.41, 5.74) is 17.8. The molecule has 1 aliphatic rings. The molecule has 1 nitrogen and oxygen atoms in total. The maximum Gasteiger partial charge on any atom is 0.0714 e. The molecule has 1 aromatic heterocycles. The van der Waals surface area contributed by atoms with Gasteiger partial charge < -0.3 is 4.90 Å². The van der Waals surface area contributed by atoms with E-state index in [2.05, 4.69) is 254 Å². The van der Waals surface area contributed by atoms with Crippen LogP contribution in [0.15, 0.2) is 249 Å². The van der Waals surface area contributed by atoms with Crippen molar-refractivity contribution < 1.29 is 0 Å². The molecule has 10 aromatic carbocycles. The molecule has 0 atom stereocenters. The van der Waals surface area contributed by atoms with E-state index in [1.54, 1.807) is 0 Å². The lowest BCUT2D eigenvalue weighted by Crippen LogP contribution is -2.28. The highest BCUT2D eigenvalue weighted by atomic mass is 32.1. The van der Waals surface area contributed by atoms with E-state index in [9.17, 15) is 0 Å². The molecule has 11 aromatic rings. The highest BCUT2D eigenvalue weighted by molar-refractivity contribution is 7.26. The summed E-state index contributed by atoms with van der Waals surface area (Å²) < 4.78 is 2.54. The molecule has 1 heterocycles. The molecule has 0 saturated heterocycles. The fourth-order valence-electron chi connectivity index (χ4n) is 10.1. The van der Waals surface area contributed by atoms with Crippen LogP contribution in [0.5, 0.6) is 0 Å². The van der Waals surface area contributed by atoms with E-state index < -0.39 is 5.41 Å². The lowest BCUT2D eigenvalue weighted by Gasteiger charge is -2.35. The Labute approximate surface area is 372 Å². The molecule has 0 radical (unpaired) electrons. The highest BCUT2D eigenvalue weighted by Crippen LogP contribution is 2.62. The third-order valence-electron chi connectivity index (χ3n) is 12.9. The Hall–Kier alpha value is -7.78. The smallest absolute Gasteiger partial charge is 0.0714 e. The minimum absolute atomic E-state index is 0.555. The van der Waals surface area contributed by atoms with Crippen LogP contribution in [-0.2, 0) is 5.41 Å². The highest BCUT2D eigenvalue weighted by Gasteiger charge is 2.48. The third kappa shape index (κ3) is 6.06. The standard InChI is InChI=1S/C61H41NS/c1-6-18-42(19-7-1)44-30-32-45(33-31-44)46-34-37-51(38-35-46)62(50-26-14-5-15-27-50)60-58-52-28-16-17-29-54(52)61(48-22-10-3-11-23-48,49-24-12-4-13-25-49)55(58)41-57-59(60)53-39-36-47(40-56(53)63-57)43-20-8-2-9-21-43/h1-41H. The van der Waals surface area contributed by atoms with Crippen LogP contribution in [0.1, 0.15) is 22.3 Å². The quantitative estimate of drug-likeness (QED) is 0.148. The molecule has 0 amide bonds. The monoisotopic (exact) mass is 819 g/mol. The van der Waals surface area contributed by atoms with Gasteiger partial charge >= 0.3 is 0 Å². The zero-order valence-corrected chi connectivity index (χ0v) is 35.3. The van der Waals surface area contributed by atoms with Gasteiger partial charge in [0.15, 0.2) is 0 Å². The average Bonchev–Trinajstić information content (AvgIpc) is 3.89. The van der Waals surface area contributed by atoms with Gasteiger partial charge in [-0.1, -0.05) is 212 Å². The largest absolute Gasteiger partial charge is 0.309 e.